The number of aryl methyl sites for hydroxylation is 1. The quantitative estimate of drug-likeness (QED) is 0.815. The molecule has 0 radical (unpaired) electrons. The van der Waals surface area contributed by atoms with E-state index in [2.05, 4.69) is 4.90 Å². The van der Waals surface area contributed by atoms with Gasteiger partial charge < -0.3 is 9.64 Å². The topological polar surface area (TPSA) is 34.5 Å². The van der Waals surface area contributed by atoms with Gasteiger partial charge in [-0.05, 0) is 52.2 Å². The molecule has 0 fully saturated rings. The van der Waals surface area contributed by atoms with Gasteiger partial charge in [0, 0.05) is 6.54 Å². The second-order valence-electron chi connectivity index (χ2n) is 4.75. The van der Waals surface area contributed by atoms with Crippen LogP contribution in [0.2, 0.25) is 0 Å². The monoisotopic (exact) mass is 280 g/mol. The molecule has 1 heterocycles. The molecule has 19 heavy (non-hydrogen) atoms. The summed E-state index contributed by atoms with van der Waals surface area (Å²) in [5, 5.41) is 0.790. The summed E-state index contributed by atoms with van der Waals surface area (Å²) in [7, 11) is 4.09. The van der Waals surface area contributed by atoms with Gasteiger partial charge in [0.25, 0.3) is 5.56 Å². The number of hydrogen-bond acceptors (Lipinski definition) is 4. The molecule has 0 aliphatic heterocycles. The fourth-order valence-corrected chi connectivity index (χ4v) is 3.05. The number of nitrogens with zero attached hydrogens (tertiary/aromatic N) is 2. The Bertz CT molecular complexity index is 601. The van der Waals surface area contributed by atoms with Gasteiger partial charge >= 0.3 is 0 Å². The van der Waals surface area contributed by atoms with Crippen molar-refractivity contribution in [3.8, 4) is 5.75 Å². The second kappa shape index (κ2) is 6.21. The van der Waals surface area contributed by atoms with Gasteiger partial charge in [0.05, 0.1) is 16.7 Å². The molecule has 0 saturated heterocycles. The van der Waals surface area contributed by atoms with E-state index < -0.39 is 0 Å². The zero-order chi connectivity index (χ0) is 13.8. The smallest absolute Gasteiger partial charge is 0.268 e. The Kier molecular flexibility index (Phi) is 4.61. The Labute approximate surface area is 117 Å². The molecule has 0 amide bonds. The summed E-state index contributed by atoms with van der Waals surface area (Å²) in [5.41, 5.74) is 0.113. The average Bonchev–Trinajstić information content (AvgIpc) is 2.66. The van der Waals surface area contributed by atoms with Gasteiger partial charge in [-0.25, -0.2) is 0 Å². The predicted octanol–water partition coefficient (Wildman–Crippen LogP) is 2.41. The first-order valence-corrected chi connectivity index (χ1v) is 7.30. The first kappa shape index (κ1) is 14.1. The van der Waals surface area contributed by atoms with E-state index in [0.29, 0.717) is 6.61 Å². The largest absolute Gasteiger partial charge is 0.494 e. The lowest BCUT2D eigenvalue weighted by molar-refractivity contribution is 0.341. The van der Waals surface area contributed by atoms with Crippen LogP contribution in [-0.4, -0.2) is 36.1 Å². The first-order chi connectivity index (χ1) is 9.11. The Morgan fingerprint density at radius 3 is 2.84 bits per heavy atom. The molecule has 5 heteroatoms. The Balaban J connectivity index is 2.21. The maximum atomic E-state index is 12.2. The molecule has 0 saturated carbocycles. The number of ether oxygens (including phenoxy) is 1. The Morgan fingerprint density at radius 2 is 2.16 bits per heavy atom. The highest BCUT2D eigenvalue weighted by Gasteiger charge is 2.08. The molecule has 1 aromatic carbocycles. The predicted molar refractivity (Wildman–Crippen MR) is 80.4 cm³/mol. The number of rotatable bonds is 6. The zero-order valence-electron chi connectivity index (χ0n) is 11.7. The fraction of sp³-hybridized carbons (Fsp3) is 0.500. The van der Waals surface area contributed by atoms with Crippen LogP contribution in [0.5, 0.6) is 5.75 Å². The standard InChI is InChI=1S/C14H20N2O2S/c1-4-18-11-6-7-12-13(10-11)19-16(14(12)17)9-5-8-15(2)3/h6-7,10H,4-5,8-9H2,1-3H3. The minimum atomic E-state index is 0.113. The van der Waals surface area contributed by atoms with Crippen LogP contribution in [0, 0.1) is 0 Å². The second-order valence-corrected chi connectivity index (χ2v) is 5.81. The number of aromatic nitrogens is 1. The summed E-state index contributed by atoms with van der Waals surface area (Å²) in [6, 6.07) is 5.68. The van der Waals surface area contributed by atoms with Crippen LogP contribution in [0.3, 0.4) is 0 Å². The van der Waals surface area contributed by atoms with Crippen molar-refractivity contribution in [2.75, 3.05) is 27.2 Å². The van der Waals surface area contributed by atoms with Crippen molar-refractivity contribution in [1.29, 1.82) is 0 Å². The van der Waals surface area contributed by atoms with Crippen LogP contribution in [0.15, 0.2) is 23.0 Å². The molecule has 4 nitrogen and oxygen atoms in total. The molecule has 0 spiro atoms. The van der Waals surface area contributed by atoms with Gasteiger partial charge in [-0.2, -0.15) is 0 Å². The molecule has 0 unspecified atom stereocenters. The minimum Gasteiger partial charge on any atom is -0.494 e. The normalized spacial score (nSPS) is 11.4. The van der Waals surface area contributed by atoms with E-state index in [1.165, 1.54) is 11.5 Å². The molecule has 0 aliphatic carbocycles. The van der Waals surface area contributed by atoms with Crippen LogP contribution in [0.1, 0.15) is 13.3 Å². The lowest BCUT2D eigenvalue weighted by atomic mass is 10.2. The van der Waals surface area contributed by atoms with Gasteiger partial charge in [0.1, 0.15) is 5.75 Å². The van der Waals surface area contributed by atoms with Crippen molar-refractivity contribution in [3.05, 3.63) is 28.6 Å². The van der Waals surface area contributed by atoms with Gasteiger partial charge in [-0.15, -0.1) is 0 Å². The summed E-state index contributed by atoms with van der Waals surface area (Å²) in [4.78, 5) is 14.3. The third kappa shape index (κ3) is 3.36. The summed E-state index contributed by atoms with van der Waals surface area (Å²) in [6.07, 6.45) is 0.984. The van der Waals surface area contributed by atoms with Crippen molar-refractivity contribution < 1.29 is 4.74 Å². The molecule has 2 aromatic rings. The zero-order valence-corrected chi connectivity index (χ0v) is 12.5. The Morgan fingerprint density at radius 1 is 1.37 bits per heavy atom. The third-order valence-electron chi connectivity index (χ3n) is 2.90. The van der Waals surface area contributed by atoms with E-state index in [1.807, 2.05) is 43.2 Å². The summed E-state index contributed by atoms with van der Waals surface area (Å²) >= 11 is 1.52. The maximum Gasteiger partial charge on any atom is 0.268 e. The van der Waals surface area contributed by atoms with Crippen molar-refractivity contribution >= 4 is 21.6 Å². The molecule has 1 aromatic heterocycles. The molecule has 104 valence electrons. The van der Waals surface area contributed by atoms with Crippen molar-refractivity contribution in [2.45, 2.75) is 19.9 Å². The lowest BCUT2D eigenvalue weighted by Gasteiger charge is -2.08. The van der Waals surface area contributed by atoms with Crippen molar-refractivity contribution in [1.82, 2.24) is 8.86 Å². The SMILES string of the molecule is CCOc1ccc2c(=O)n(CCCN(C)C)sc2c1. The number of benzene rings is 1. The molecule has 0 atom stereocenters. The van der Waals surface area contributed by atoms with E-state index >= 15 is 0 Å². The highest BCUT2D eigenvalue weighted by molar-refractivity contribution is 7.13. The van der Waals surface area contributed by atoms with E-state index in [1.54, 1.807) is 0 Å². The highest BCUT2D eigenvalue weighted by Crippen LogP contribution is 2.22. The average molecular weight is 280 g/mol. The van der Waals surface area contributed by atoms with E-state index in [0.717, 1.165) is 35.3 Å². The van der Waals surface area contributed by atoms with Crippen LogP contribution < -0.4 is 10.3 Å². The van der Waals surface area contributed by atoms with E-state index in [-0.39, 0.29) is 5.56 Å². The van der Waals surface area contributed by atoms with Gasteiger partial charge in [-0.1, -0.05) is 11.5 Å². The number of hydrogen-bond donors (Lipinski definition) is 0. The van der Waals surface area contributed by atoms with Crippen molar-refractivity contribution in [3.63, 3.8) is 0 Å². The van der Waals surface area contributed by atoms with Crippen LogP contribution in [-0.2, 0) is 6.54 Å². The minimum absolute atomic E-state index is 0.113. The van der Waals surface area contributed by atoms with E-state index in [4.69, 9.17) is 4.74 Å². The van der Waals surface area contributed by atoms with Gasteiger partial charge in [0.15, 0.2) is 0 Å². The molecular formula is C14H20N2O2S. The van der Waals surface area contributed by atoms with Crippen molar-refractivity contribution in [2.24, 2.45) is 0 Å². The number of fused-ring (bicyclic) bond motifs is 1. The Hall–Kier alpha value is -1.33. The first-order valence-electron chi connectivity index (χ1n) is 6.53. The van der Waals surface area contributed by atoms with Gasteiger partial charge in [-0.3, -0.25) is 8.75 Å². The molecular weight excluding hydrogens is 260 g/mol. The van der Waals surface area contributed by atoms with Crippen LogP contribution in [0.25, 0.3) is 10.1 Å². The van der Waals surface area contributed by atoms with Crippen LogP contribution in [0.4, 0.5) is 0 Å². The molecule has 0 bridgehead atoms. The van der Waals surface area contributed by atoms with Crippen LogP contribution >= 0.6 is 11.5 Å². The molecule has 2 rings (SSSR count). The third-order valence-corrected chi connectivity index (χ3v) is 4.00. The summed E-state index contributed by atoms with van der Waals surface area (Å²) in [5.74, 6) is 0.830. The fourth-order valence-electron chi connectivity index (χ4n) is 1.98. The lowest BCUT2D eigenvalue weighted by Crippen LogP contribution is -2.18. The summed E-state index contributed by atoms with van der Waals surface area (Å²) in [6.45, 7) is 4.37. The molecule has 0 N–H and O–H groups in total. The van der Waals surface area contributed by atoms with E-state index in [9.17, 15) is 4.79 Å². The molecule has 0 aliphatic rings. The summed E-state index contributed by atoms with van der Waals surface area (Å²) < 4.78 is 8.30. The van der Waals surface area contributed by atoms with Gasteiger partial charge in [0.2, 0.25) is 0 Å². The maximum absolute atomic E-state index is 12.2. The highest BCUT2D eigenvalue weighted by atomic mass is 32.1.